The van der Waals surface area contributed by atoms with Crippen LogP contribution in [0.4, 0.5) is 5.69 Å². The summed E-state index contributed by atoms with van der Waals surface area (Å²) in [5.41, 5.74) is 2.21. The molecule has 0 radical (unpaired) electrons. The largest absolute Gasteiger partial charge is 0.484 e. The fraction of sp³-hybridized carbons (Fsp3) is 0.240. The lowest BCUT2D eigenvalue weighted by atomic mass is 10.0. The van der Waals surface area contributed by atoms with Crippen LogP contribution in [0.25, 0.3) is 0 Å². The Kier molecular flexibility index (Phi) is 8.29. The van der Waals surface area contributed by atoms with Crippen LogP contribution in [-0.4, -0.2) is 50.7 Å². The molecular formula is C25H22BrN3O7S. The van der Waals surface area contributed by atoms with E-state index in [-0.39, 0.29) is 29.9 Å². The number of β-lactam (4-membered cyclic amide) rings is 1. The second-order valence-corrected chi connectivity index (χ2v) is 9.77. The molecule has 0 bridgehead atoms. The van der Waals surface area contributed by atoms with Crippen LogP contribution in [0.5, 0.6) is 5.75 Å². The molecule has 2 aliphatic rings. The number of allylic oxidation sites excluding steroid dienone is 1. The van der Waals surface area contributed by atoms with Crippen LogP contribution in [0.3, 0.4) is 0 Å². The van der Waals surface area contributed by atoms with E-state index >= 15 is 0 Å². The number of non-ortho nitro benzene ring substituents is 1. The van der Waals surface area contributed by atoms with Crippen LogP contribution in [0.1, 0.15) is 12.5 Å². The Hall–Kier alpha value is -3.64. The number of thioether (sulfide) groups is 1. The van der Waals surface area contributed by atoms with Crippen molar-refractivity contribution < 1.29 is 28.8 Å². The van der Waals surface area contributed by atoms with E-state index in [1.54, 1.807) is 31.2 Å². The lowest BCUT2D eigenvalue weighted by Gasteiger charge is -2.46. The number of nitrogens with one attached hydrogen (secondary N) is 1. The van der Waals surface area contributed by atoms with Crippen LogP contribution >= 0.6 is 27.7 Å². The highest BCUT2D eigenvalue weighted by Gasteiger charge is 2.51. The lowest BCUT2D eigenvalue weighted by Crippen LogP contribution is -2.57. The number of amides is 2. The zero-order chi connectivity index (χ0) is 26.5. The number of carbonyl (C=O) groups excluding carboxylic acids is 3. The molecular weight excluding hydrogens is 566 g/mol. The van der Waals surface area contributed by atoms with Gasteiger partial charge in [-0.1, -0.05) is 34.1 Å². The summed E-state index contributed by atoms with van der Waals surface area (Å²) >= 11 is 4.81. The predicted octanol–water partition coefficient (Wildman–Crippen LogP) is 3.67. The average Bonchev–Trinajstić information content (AvgIpc) is 2.91. The minimum absolute atomic E-state index is 0.0624. The first-order valence-electron chi connectivity index (χ1n) is 11.1. The Balaban J connectivity index is 1.41. The third-order valence-electron chi connectivity index (χ3n) is 5.61. The van der Waals surface area contributed by atoms with Gasteiger partial charge in [0.15, 0.2) is 6.61 Å². The number of rotatable bonds is 9. The summed E-state index contributed by atoms with van der Waals surface area (Å²) < 4.78 is 10.9. The maximum absolute atomic E-state index is 13.1. The fourth-order valence-electron chi connectivity index (χ4n) is 3.78. The van der Waals surface area contributed by atoms with E-state index in [1.807, 2.05) is 6.07 Å². The summed E-state index contributed by atoms with van der Waals surface area (Å²) in [4.78, 5) is 50.2. The molecule has 37 heavy (non-hydrogen) atoms. The van der Waals surface area contributed by atoms with Crippen molar-refractivity contribution in [3.63, 3.8) is 0 Å². The first kappa shape index (κ1) is 26.4. The zero-order valence-corrected chi connectivity index (χ0v) is 22.0. The van der Waals surface area contributed by atoms with Crippen molar-refractivity contribution in [2.45, 2.75) is 18.9 Å². The van der Waals surface area contributed by atoms with Crippen molar-refractivity contribution in [1.29, 1.82) is 0 Å². The summed E-state index contributed by atoms with van der Waals surface area (Å²) in [5.74, 6) is -0.406. The van der Waals surface area contributed by atoms with Crippen LogP contribution in [0, 0.1) is 10.1 Å². The van der Waals surface area contributed by atoms with E-state index in [9.17, 15) is 24.5 Å². The highest BCUT2D eigenvalue weighted by Crippen LogP contribution is 2.44. The molecule has 2 heterocycles. The monoisotopic (exact) mass is 587 g/mol. The number of ether oxygens (including phenoxy) is 2. The standard InChI is InChI=1S/C25H22BrN3O7S/c1-15-14-37-24-21(19(11-26)27-20(30)13-35-18-5-3-2-4-6-18)23(31)28(24)22(15)25(32)36-12-16-7-9-17(10-8-16)29(33)34/h2-10,24H,11-14H2,1H3,(H,27,30)/b21-19+. The van der Waals surface area contributed by atoms with E-state index in [2.05, 4.69) is 21.2 Å². The first-order valence-corrected chi connectivity index (χ1v) is 13.3. The van der Waals surface area contributed by atoms with Gasteiger partial charge in [-0.2, -0.15) is 0 Å². The van der Waals surface area contributed by atoms with Gasteiger partial charge in [0.25, 0.3) is 17.5 Å². The van der Waals surface area contributed by atoms with E-state index in [4.69, 9.17) is 9.47 Å². The Bertz CT molecular complexity index is 1300. The molecule has 12 heteroatoms. The number of esters is 1. The third kappa shape index (κ3) is 5.86. The summed E-state index contributed by atoms with van der Waals surface area (Å²) in [6.45, 7) is 1.44. The number of hydrogen-bond acceptors (Lipinski definition) is 8. The van der Waals surface area contributed by atoms with E-state index in [1.165, 1.54) is 40.9 Å². The van der Waals surface area contributed by atoms with Crippen LogP contribution in [0.15, 0.2) is 77.1 Å². The maximum atomic E-state index is 13.1. The number of benzene rings is 2. The molecule has 1 unspecified atom stereocenters. The lowest BCUT2D eigenvalue weighted by molar-refractivity contribution is -0.384. The van der Waals surface area contributed by atoms with Crippen molar-refractivity contribution in [1.82, 2.24) is 10.2 Å². The molecule has 1 N–H and O–H groups in total. The Labute approximate surface area is 225 Å². The molecule has 192 valence electrons. The van der Waals surface area contributed by atoms with Crippen LogP contribution in [0.2, 0.25) is 0 Å². The number of nitro benzene ring substituents is 1. The van der Waals surface area contributed by atoms with Crippen molar-refractivity contribution in [3.8, 4) is 5.75 Å². The summed E-state index contributed by atoms with van der Waals surface area (Å²) in [6.07, 6.45) is 0. The topological polar surface area (TPSA) is 128 Å². The molecule has 2 aliphatic heterocycles. The smallest absolute Gasteiger partial charge is 0.355 e. The molecule has 0 spiro atoms. The molecule has 10 nitrogen and oxygen atoms in total. The Morgan fingerprint density at radius 2 is 1.89 bits per heavy atom. The van der Waals surface area contributed by atoms with Gasteiger partial charge in [0, 0.05) is 28.9 Å². The van der Waals surface area contributed by atoms with Gasteiger partial charge in [0.1, 0.15) is 23.4 Å². The van der Waals surface area contributed by atoms with Crippen molar-refractivity contribution >= 4 is 51.2 Å². The number of hydrogen-bond donors (Lipinski definition) is 1. The molecule has 0 aliphatic carbocycles. The van der Waals surface area contributed by atoms with Gasteiger partial charge in [-0.05, 0) is 42.3 Å². The Morgan fingerprint density at radius 1 is 1.19 bits per heavy atom. The van der Waals surface area contributed by atoms with Crippen LogP contribution < -0.4 is 10.1 Å². The van der Waals surface area contributed by atoms with E-state index < -0.39 is 28.1 Å². The van der Waals surface area contributed by atoms with Gasteiger partial charge < -0.3 is 14.8 Å². The van der Waals surface area contributed by atoms with Crippen molar-refractivity contribution in [3.05, 3.63) is 92.8 Å². The number of para-hydroxylation sites is 1. The summed E-state index contributed by atoms with van der Waals surface area (Å²) in [7, 11) is 0. The highest BCUT2D eigenvalue weighted by molar-refractivity contribution is 9.09. The third-order valence-corrected chi connectivity index (χ3v) is 7.53. The molecule has 1 fully saturated rings. The average molecular weight is 588 g/mol. The minimum Gasteiger partial charge on any atom is -0.484 e. The number of fused-ring (bicyclic) bond motifs is 1. The Morgan fingerprint density at radius 3 is 2.54 bits per heavy atom. The molecule has 0 aromatic heterocycles. The molecule has 0 saturated carbocycles. The zero-order valence-electron chi connectivity index (χ0n) is 19.6. The quantitative estimate of drug-likeness (QED) is 0.117. The summed E-state index contributed by atoms with van der Waals surface area (Å²) in [6, 6.07) is 14.6. The van der Waals surface area contributed by atoms with Gasteiger partial charge >= 0.3 is 5.97 Å². The van der Waals surface area contributed by atoms with Crippen molar-refractivity contribution in [2.75, 3.05) is 17.7 Å². The number of alkyl halides is 1. The first-order chi connectivity index (χ1) is 17.8. The number of halogens is 1. The minimum atomic E-state index is -0.658. The number of nitro groups is 1. The fourth-order valence-corrected chi connectivity index (χ4v) is 5.53. The molecule has 2 aromatic carbocycles. The second kappa shape index (κ2) is 11.6. The predicted molar refractivity (Wildman–Crippen MR) is 140 cm³/mol. The highest BCUT2D eigenvalue weighted by atomic mass is 79.9. The number of nitrogens with zero attached hydrogens (tertiary/aromatic N) is 2. The molecule has 1 saturated heterocycles. The van der Waals surface area contributed by atoms with Crippen LogP contribution in [-0.2, 0) is 25.7 Å². The molecule has 2 amide bonds. The summed E-state index contributed by atoms with van der Waals surface area (Å²) in [5, 5.41) is 13.3. The second-order valence-electron chi connectivity index (χ2n) is 8.14. The van der Waals surface area contributed by atoms with Gasteiger partial charge in [0.05, 0.1) is 10.5 Å². The molecule has 2 aromatic rings. The maximum Gasteiger partial charge on any atom is 0.355 e. The van der Waals surface area contributed by atoms with E-state index in [0.29, 0.717) is 33.9 Å². The van der Waals surface area contributed by atoms with Crippen molar-refractivity contribution in [2.24, 2.45) is 0 Å². The normalized spacial score (nSPS) is 17.9. The van der Waals surface area contributed by atoms with Gasteiger partial charge in [-0.3, -0.25) is 24.6 Å². The number of carbonyl (C=O) groups is 3. The van der Waals surface area contributed by atoms with Gasteiger partial charge in [-0.15, -0.1) is 11.8 Å². The molecule has 1 atom stereocenters. The molecule has 4 rings (SSSR count). The SMILES string of the molecule is CC1=C(C(=O)OCc2ccc([N+](=O)[O-])cc2)N2C(=O)/C(=C(/CBr)NC(=O)COc3ccccc3)C2SC1. The van der Waals surface area contributed by atoms with Gasteiger partial charge in [-0.25, -0.2) is 4.79 Å². The van der Waals surface area contributed by atoms with E-state index in [0.717, 1.165) is 0 Å². The van der Waals surface area contributed by atoms with Gasteiger partial charge in [0.2, 0.25) is 0 Å².